The molecule has 0 amide bonds. The molecule has 37 heavy (non-hydrogen) atoms. The summed E-state index contributed by atoms with van der Waals surface area (Å²) < 4.78 is 72.3. The van der Waals surface area contributed by atoms with E-state index >= 15 is 0 Å². The Hall–Kier alpha value is -0.460. The second-order valence-corrected chi connectivity index (χ2v) is 14.2. The van der Waals surface area contributed by atoms with Gasteiger partial charge in [-0.3, -0.25) is 0 Å². The van der Waals surface area contributed by atoms with Crippen LogP contribution in [0.3, 0.4) is 0 Å². The maximum absolute atomic E-state index is 11.3. The van der Waals surface area contributed by atoms with Crippen molar-refractivity contribution in [3.05, 3.63) is 12.2 Å². The Bertz CT molecular complexity index is 1070. The van der Waals surface area contributed by atoms with Crippen molar-refractivity contribution in [1.82, 2.24) is 0 Å². The predicted octanol–water partition coefficient (Wildman–Crippen LogP) is 6.34. The maximum Gasteiger partial charge on any atom is 0.172 e. The molecule has 1 spiro atoms. The minimum absolute atomic E-state index is 0.00501. The van der Waals surface area contributed by atoms with E-state index in [-0.39, 0.29) is 40.8 Å². The molecule has 2 aliphatic heterocycles. The summed E-state index contributed by atoms with van der Waals surface area (Å²) in [5.74, 6) is -0.982. The molecule has 0 aromatic carbocycles. The molecule has 4 saturated carbocycles. The topological polar surface area (TPSA) is 57.2 Å². The van der Waals surface area contributed by atoms with Crippen LogP contribution < -0.4 is 0 Å². The Balaban J connectivity index is 1.25. The van der Waals surface area contributed by atoms with Crippen LogP contribution in [-0.4, -0.2) is 48.2 Å². The van der Waals surface area contributed by atoms with Crippen molar-refractivity contribution < 1.29 is 32.3 Å². The highest BCUT2D eigenvalue weighted by Gasteiger charge is 2.70. The summed E-state index contributed by atoms with van der Waals surface area (Å²) >= 11 is 0. The minimum Gasteiger partial charge on any atom is -0.389 e. The molecule has 6 rings (SSSR count). The van der Waals surface area contributed by atoms with Crippen molar-refractivity contribution in [3.63, 3.8) is 0 Å². The zero-order chi connectivity index (χ0) is 31.4. The fourth-order valence-electron chi connectivity index (χ4n) is 10.6. The van der Waals surface area contributed by atoms with E-state index in [0.717, 1.165) is 44.9 Å². The van der Waals surface area contributed by atoms with Gasteiger partial charge in [-0.05, 0) is 98.7 Å². The van der Waals surface area contributed by atoms with Crippen LogP contribution in [0.1, 0.15) is 101 Å². The zero-order valence-electron chi connectivity index (χ0n) is 29.4. The Morgan fingerprint density at radius 1 is 0.892 bits per heavy atom. The van der Waals surface area contributed by atoms with Crippen LogP contribution in [0, 0.1) is 52.3 Å². The first-order valence-corrected chi connectivity index (χ1v) is 14.8. The van der Waals surface area contributed by atoms with Gasteiger partial charge in [0, 0.05) is 20.6 Å². The van der Waals surface area contributed by atoms with Crippen LogP contribution in [0.15, 0.2) is 12.2 Å². The highest BCUT2D eigenvalue weighted by Crippen LogP contribution is 2.71. The van der Waals surface area contributed by atoms with Crippen LogP contribution in [-0.2, 0) is 18.9 Å². The highest BCUT2D eigenvalue weighted by atomic mass is 16.8. The normalized spacial score (nSPS) is 52.7. The molecule has 0 bridgehead atoms. The average Bonchev–Trinajstić information content (AvgIpc) is 3.55. The number of rotatable bonds is 4. The van der Waals surface area contributed by atoms with E-state index in [1.54, 1.807) is 0 Å². The summed E-state index contributed by atoms with van der Waals surface area (Å²) in [6.07, 6.45) is 8.84. The number of aliphatic hydroxyl groups excluding tert-OH is 1. The molecule has 5 heteroatoms. The van der Waals surface area contributed by atoms with Gasteiger partial charge in [0.05, 0.1) is 31.5 Å². The largest absolute Gasteiger partial charge is 0.389 e. The highest BCUT2D eigenvalue weighted by molar-refractivity contribution is 5.16. The second kappa shape index (κ2) is 9.03. The molecule has 2 saturated heterocycles. The third-order valence-electron chi connectivity index (χ3n) is 12.0. The third kappa shape index (κ3) is 4.12. The predicted molar refractivity (Wildman–Crippen MR) is 144 cm³/mol. The molecule has 0 unspecified atom stereocenters. The van der Waals surface area contributed by atoms with Crippen molar-refractivity contribution in [1.29, 1.82) is 0 Å². The molecular weight excluding hydrogens is 464 g/mol. The first-order chi connectivity index (χ1) is 19.8. The van der Waals surface area contributed by atoms with Crippen LogP contribution in [0.5, 0.6) is 0 Å². The Kier molecular flexibility index (Phi) is 4.98. The second-order valence-electron chi connectivity index (χ2n) is 14.2. The van der Waals surface area contributed by atoms with E-state index in [1.165, 1.54) is 12.2 Å². The van der Waals surface area contributed by atoms with Gasteiger partial charge in [0.2, 0.25) is 0 Å². The Morgan fingerprint density at radius 3 is 2.32 bits per heavy atom. The summed E-state index contributed by atoms with van der Waals surface area (Å²) in [6, 6.07) is 0. The summed E-state index contributed by atoms with van der Waals surface area (Å²) in [5.41, 5.74) is 0.0169. The number of fused-ring (bicyclic) bond motifs is 7. The Morgan fingerprint density at radius 2 is 1.59 bits per heavy atom. The number of aliphatic hydroxyl groups is 1. The lowest BCUT2D eigenvalue weighted by atomic mass is 9.42. The maximum atomic E-state index is 11.3. The van der Waals surface area contributed by atoms with E-state index in [0.29, 0.717) is 31.0 Å². The molecule has 2 heterocycles. The van der Waals surface area contributed by atoms with Gasteiger partial charge >= 0.3 is 0 Å². The fourth-order valence-corrected chi connectivity index (χ4v) is 10.6. The molecule has 210 valence electrons. The van der Waals surface area contributed by atoms with Crippen molar-refractivity contribution in [2.45, 2.75) is 123 Å². The molecule has 5 nitrogen and oxygen atoms in total. The van der Waals surface area contributed by atoms with Gasteiger partial charge in [0.15, 0.2) is 11.6 Å². The van der Waals surface area contributed by atoms with Gasteiger partial charge in [-0.2, -0.15) is 0 Å². The van der Waals surface area contributed by atoms with Gasteiger partial charge in [-0.1, -0.05) is 46.6 Å². The van der Waals surface area contributed by atoms with Crippen LogP contribution in [0.25, 0.3) is 0 Å². The quantitative estimate of drug-likeness (QED) is 0.437. The van der Waals surface area contributed by atoms with E-state index in [1.807, 2.05) is 20.8 Å². The first-order valence-electron chi connectivity index (χ1n) is 17.8. The van der Waals surface area contributed by atoms with E-state index < -0.39 is 37.3 Å². The minimum atomic E-state index is -2.66. The lowest BCUT2D eigenvalue weighted by molar-refractivity contribution is -0.300. The fraction of sp³-hybridized carbons (Fsp3) is 0.938. The first kappa shape index (κ1) is 20.4. The smallest absolute Gasteiger partial charge is 0.172 e. The molecule has 0 radical (unpaired) electrons. The number of hydrogen-bond acceptors (Lipinski definition) is 5. The summed E-state index contributed by atoms with van der Waals surface area (Å²) in [4.78, 5) is 0. The van der Waals surface area contributed by atoms with Crippen LogP contribution in [0.4, 0.5) is 0 Å². The van der Waals surface area contributed by atoms with Gasteiger partial charge in [0.25, 0.3) is 0 Å². The average molecular weight is 523 g/mol. The zero-order valence-corrected chi connectivity index (χ0v) is 23.4. The molecule has 11 atom stereocenters. The Labute approximate surface area is 233 Å². The van der Waals surface area contributed by atoms with Gasteiger partial charge in [0.1, 0.15) is 0 Å². The van der Waals surface area contributed by atoms with Crippen molar-refractivity contribution in [2.75, 3.05) is 13.2 Å². The molecule has 1 N–H and O–H groups in total. The summed E-state index contributed by atoms with van der Waals surface area (Å²) in [5, 5.41) is 11.3. The monoisotopic (exact) mass is 522 g/mol. The lowest BCUT2D eigenvalue weighted by Gasteiger charge is -2.65. The molecule has 6 fully saturated rings. The molecule has 4 aliphatic carbocycles. The molecule has 0 aromatic rings. The van der Waals surface area contributed by atoms with E-state index in [2.05, 4.69) is 13.8 Å². The van der Waals surface area contributed by atoms with Gasteiger partial charge in [-0.25, -0.2) is 0 Å². The summed E-state index contributed by atoms with van der Waals surface area (Å²) in [7, 11) is 0. The third-order valence-corrected chi connectivity index (χ3v) is 12.0. The molecular formula is C32H52O5. The lowest BCUT2D eigenvalue weighted by Crippen LogP contribution is -2.65. The van der Waals surface area contributed by atoms with Crippen molar-refractivity contribution in [3.8, 4) is 0 Å². The number of hydrogen-bond donors (Lipinski definition) is 1. The van der Waals surface area contributed by atoms with E-state index in [4.69, 9.17) is 27.2 Å². The summed E-state index contributed by atoms with van der Waals surface area (Å²) in [6.45, 7) is 6.86. The standard InChI is InChI=1S/C32H52O5/c1-19(2)8-11-25(33)20(3)22-9-10-23-21-17-32(34-14-15-35-32)28-16-26-27(37-29(4,5)36-26)18-31(28,7)24(21)12-13-30(22,23)6/h8,11,19-28,33H,9-10,12-18H2,1-7H3/b11-8-/t20-,21-,22+,23-,24-,25-,26-,27+,28-,30+,31+/m0/s1/i1D3,2D3. The van der Waals surface area contributed by atoms with E-state index in [9.17, 15) is 5.11 Å². The number of ether oxygens (including phenoxy) is 4. The van der Waals surface area contributed by atoms with Crippen LogP contribution >= 0.6 is 0 Å². The van der Waals surface area contributed by atoms with Crippen LogP contribution in [0.2, 0.25) is 0 Å². The molecule has 0 aromatic heterocycles. The number of allylic oxidation sites excluding steroid dienone is 1. The SMILES string of the molecule is [2H]C([2H])([2H])C(/C=C\[C@H](O)[C@@H](C)[C@H]1CC[C@H]2[C@@H]3CC4(OCCO4)[C@H]4C[C@@H]5OC(C)(C)O[C@@H]5C[C@]4(C)[C@H]3CC[C@]12C)C([2H])([2H])[2H]. The van der Waals surface area contributed by atoms with Gasteiger partial charge in [-0.15, -0.1) is 0 Å². The van der Waals surface area contributed by atoms with Crippen molar-refractivity contribution in [2.24, 2.45) is 52.3 Å². The molecule has 6 aliphatic rings. The van der Waals surface area contributed by atoms with Crippen molar-refractivity contribution >= 4 is 0 Å². The van der Waals surface area contributed by atoms with Gasteiger partial charge < -0.3 is 24.1 Å².